The molecule has 0 saturated heterocycles. The molecule has 1 aliphatic rings. The predicted molar refractivity (Wildman–Crippen MR) is 103 cm³/mol. The summed E-state index contributed by atoms with van der Waals surface area (Å²) in [6.45, 7) is 0. The first kappa shape index (κ1) is 19.0. The first-order chi connectivity index (χ1) is 12.4. The Morgan fingerprint density at radius 2 is 1.73 bits per heavy atom. The molecule has 0 radical (unpaired) electrons. The number of sulfonamides is 1. The molecule has 5 nitrogen and oxygen atoms in total. The van der Waals surface area contributed by atoms with E-state index in [1.807, 2.05) is 0 Å². The lowest BCUT2D eigenvalue weighted by molar-refractivity contribution is 0.0939. The lowest BCUT2D eigenvalue weighted by atomic mass is 10.1. The monoisotopic (exact) mass is 412 g/mol. The quantitative estimate of drug-likeness (QED) is 0.760. The molecule has 1 fully saturated rings. The van der Waals surface area contributed by atoms with E-state index in [1.54, 1.807) is 24.3 Å². The standard InChI is InChI=1S/C18H18Cl2N2O3S/c19-12-9-10-15(20)17(11-12)26(24,25)22-16-8-4-3-7-14(16)18(23)21-13-5-1-2-6-13/h3-4,7-11,13,22H,1-2,5-6H2,(H,21,23). The molecule has 0 atom stereocenters. The highest BCUT2D eigenvalue weighted by molar-refractivity contribution is 7.92. The molecule has 1 saturated carbocycles. The minimum Gasteiger partial charge on any atom is -0.349 e. The Morgan fingerprint density at radius 3 is 2.46 bits per heavy atom. The molecule has 0 spiro atoms. The van der Waals surface area contributed by atoms with E-state index >= 15 is 0 Å². The summed E-state index contributed by atoms with van der Waals surface area (Å²) in [4.78, 5) is 12.4. The molecule has 2 N–H and O–H groups in total. The molecule has 0 aromatic heterocycles. The van der Waals surface area contributed by atoms with Crippen LogP contribution in [-0.4, -0.2) is 20.4 Å². The van der Waals surface area contributed by atoms with Gasteiger partial charge >= 0.3 is 0 Å². The summed E-state index contributed by atoms with van der Waals surface area (Å²) in [6, 6.07) is 10.8. The average molecular weight is 413 g/mol. The van der Waals surface area contributed by atoms with Gasteiger partial charge in [-0.15, -0.1) is 0 Å². The third kappa shape index (κ3) is 4.31. The van der Waals surface area contributed by atoms with Gasteiger partial charge in [0.1, 0.15) is 4.90 Å². The highest BCUT2D eigenvalue weighted by Crippen LogP contribution is 2.28. The van der Waals surface area contributed by atoms with Crippen LogP contribution in [0.25, 0.3) is 0 Å². The van der Waals surface area contributed by atoms with Gasteiger partial charge in [-0.1, -0.05) is 48.2 Å². The van der Waals surface area contributed by atoms with Crippen LogP contribution in [-0.2, 0) is 10.0 Å². The second-order valence-electron chi connectivity index (χ2n) is 6.18. The van der Waals surface area contributed by atoms with Crippen molar-refractivity contribution in [1.29, 1.82) is 0 Å². The SMILES string of the molecule is O=C(NC1CCCC1)c1ccccc1NS(=O)(=O)c1cc(Cl)ccc1Cl. The fourth-order valence-electron chi connectivity index (χ4n) is 2.99. The van der Waals surface area contributed by atoms with Crippen LogP contribution in [0.1, 0.15) is 36.0 Å². The molecule has 1 amide bonds. The maximum absolute atomic E-state index is 12.7. The van der Waals surface area contributed by atoms with Crippen molar-refractivity contribution in [2.45, 2.75) is 36.6 Å². The minimum atomic E-state index is -4.00. The number of rotatable bonds is 5. The van der Waals surface area contributed by atoms with Gasteiger partial charge < -0.3 is 5.32 Å². The van der Waals surface area contributed by atoms with Crippen LogP contribution in [0.15, 0.2) is 47.4 Å². The number of halogens is 2. The second-order valence-corrected chi connectivity index (χ2v) is 8.68. The zero-order chi connectivity index (χ0) is 18.7. The number of carbonyl (C=O) groups is 1. The van der Waals surface area contributed by atoms with Crippen molar-refractivity contribution in [2.75, 3.05) is 4.72 Å². The smallest absolute Gasteiger partial charge is 0.263 e. The van der Waals surface area contributed by atoms with Crippen LogP contribution >= 0.6 is 23.2 Å². The first-order valence-corrected chi connectivity index (χ1v) is 10.5. The summed E-state index contributed by atoms with van der Waals surface area (Å²) in [6.07, 6.45) is 4.06. The molecule has 2 aromatic rings. The van der Waals surface area contributed by atoms with Crippen LogP contribution in [0.5, 0.6) is 0 Å². The summed E-state index contributed by atoms with van der Waals surface area (Å²) in [7, 11) is -4.00. The van der Waals surface area contributed by atoms with E-state index in [1.165, 1.54) is 18.2 Å². The van der Waals surface area contributed by atoms with E-state index in [0.29, 0.717) is 0 Å². The van der Waals surface area contributed by atoms with Crippen molar-refractivity contribution in [3.63, 3.8) is 0 Å². The Balaban J connectivity index is 1.87. The normalized spacial score (nSPS) is 15.0. The number of nitrogens with one attached hydrogen (secondary N) is 2. The number of para-hydroxylation sites is 1. The number of carbonyl (C=O) groups excluding carboxylic acids is 1. The number of hydrogen-bond donors (Lipinski definition) is 2. The van der Waals surface area contributed by atoms with Gasteiger partial charge in [-0.25, -0.2) is 8.42 Å². The van der Waals surface area contributed by atoms with Crippen LogP contribution in [0.2, 0.25) is 10.0 Å². The Morgan fingerprint density at radius 1 is 1.04 bits per heavy atom. The number of hydrogen-bond acceptors (Lipinski definition) is 3. The Hall–Kier alpha value is -1.76. The summed E-state index contributed by atoms with van der Waals surface area (Å²) < 4.78 is 27.9. The van der Waals surface area contributed by atoms with Gasteiger partial charge in [0.25, 0.3) is 15.9 Å². The fraction of sp³-hybridized carbons (Fsp3) is 0.278. The number of amides is 1. The first-order valence-electron chi connectivity index (χ1n) is 8.24. The van der Waals surface area contributed by atoms with Crippen molar-refractivity contribution in [1.82, 2.24) is 5.32 Å². The lowest BCUT2D eigenvalue weighted by Crippen LogP contribution is -2.33. The zero-order valence-corrected chi connectivity index (χ0v) is 16.2. The molecule has 138 valence electrons. The summed E-state index contributed by atoms with van der Waals surface area (Å²) >= 11 is 11.9. The second kappa shape index (κ2) is 7.86. The largest absolute Gasteiger partial charge is 0.349 e. The van der Waals surface area contributed by atoms with Gasteiger partial charge in [-0.05, 0) is 43.2 Å². The highest BCUT2D eigenvalue weighted by atomic mass is 35.5. The van der Waals surface area contributed by atoms with Gasteiger partial charge in [0.05, 0.1) is 16.3 Å². The third-order valence-corrected chi connectivity index (χ3v) is 6.37. The van der Waals surface area contributed by atoms with Gasteiger partial charge in [0, 0.05) is 11.1 Å². The molecule has 0 unspecified atom stereocenters. The average Bonchev–Trinajstić information content (AvgIpc) is 3.10. The summed E-state index contributed by atoms with van der Waals surface area (Å²) in [5.41, 5.74) is 0.458. The van der Waals surface area contributed by atoms with Crippen molar-refractivity contribution >= 4 is 44.8 Å². The summed E-state index contributed by atoms with van der Waals surface area (Å²) in [5.74, 6) is -0.299. The van der Waals surface area contributed by atoms with Crippen molar-refractivity contribution in [2.24, 2.45) is 0 Å². The van der Waals surface area contributed by atoms with Crippen LogP contribution in [0.3, 0.4) is 0 Å². The van der Waals surface area contributed by atoms with Crippen LogP contribution in [0.4, 0.5) is 5.69 Å². The third-order valence-electron chi connectivity index (χ3n) is 4.29. The fourth-order valence-corrected chi connectivity index (χ4v) is 4.83. The maximum atomic E-state index is 12.7. The van der Waals surface area contributed by atoms with E-state index in [4.69, 9.17) is 23.2 Å². The molecule has 0 heterocycles. The van der Waals surface area contributed by atoms with Crippen molar-refractivity contribution in [3.8, 4) is 0 Å². The molecule has 2 aromatic carbocycles. The highest BCUT2D eigenvalue weighted by Gasteiger charge is 2.23. The maximum Gasteiger partial charge on any atom is 0.263 e. The molecular weight excluding hydrogens is 395 g/mol. The molecule has 3 rings (SSSR count). The van der Waals surface area contributed by atoms with E-state index in [-0.39, 0.29) is 38.1 Å². The van der Waals surface area contributed by atoms with Gasteiger partial charge in [0.2, 0.25) is 0 Å². The molecule has 0 aliphatic heterocycles. The van der Waals surface area contributed by atoms with E-state index < -0.39 is 10.0 Å². The zero-order valence-electron chi connectivity index (χ0n) is 13.8. The lowest BCUT2D eigenvalue weighted by Gasteiger charge is -2.16. The summed E-state index contributed by atoms with van der Waals surface area (Å²) in [5, 5.41) is 3.26. The Kier molecular flexibility index (Phi) is 5.75. The van der Waals surface area contributed by atoms with Crippen LogP contribution in [0, 0.1) is 0 Å². The Bertz CT molecular complexity index is 926. The van der Waals surface area contributed by atoms with Gasteiger partial charge in [-0.3, -0.25) is 9.52 Å². The molecule has 8 heteroatoms. The number of benzene rings is 2. The Labute approximate surface area is 162 Å². The topological polar surface area (TPSA) is 75.3 Å². The van der Waals surface area contributed by atoms with Crippen molar-refractivity contribution < 1.29 is 13.2 Å². The predicted octanol–water partition coefficient (Wildman–Crippen LogP) is 4.47. The van der Waals surface area contributed by atoms with E-state index in [2.05, 4.69) is 10.0 Å². The number of anilines is 1. The van der Waals surface area contributed by atoms with E-state index in [9.17, 15) is 13.2 Å². The molecular formula is C18H18Cl2N2O3S. The van der Waals surface area contributed by atoms with E-state index in [0.717, 1.165) is 25.7 Å². The van der Waals surface area contributed by atoms with Crippen LogP contribution < -0.4 is 10.0 Å². The molecule has 0 bridgehead atoms. The molecule has 1 aliphatic carbocycles. The van der Waals surface area contributed by atoms with Gasteiger partial charge in [-0.2, -0.15) is 0 Å². The van der Waals surface area contributed by atoms with Crippen molar-refractivity contribution in [3.05, 3.63) is 58.1 Å². The molecule has 26 heavy (non-hydrogen) atoms. The van der Waals surface area contributed by atoms with Gasteiger partial charge in [0.15, 0.2) is 0 Å². The minimum absolute atomic E-state index is 0.0507.